The minimum absolute atomic E-state index is 0.0419. The van der Waals surface area contributed by atoms with E-state index in [1.54, 1.807) is 6.20 Å². The normalized spacial score (nSPS) is 12.1. The van der Waals surface area contributed by atoms with E-state index in [1.165, 1.54) is 7.11 Å². The summed E-state index contributed by atoms with van der Waals surface area (Å²) in [4.78, 5) is 21.8. The van der Waals surface area contributed by atoms with Crippen LogP contribution >= 0.6 is 0 Å². The van der Waals surface area contributed by atoms with Gasteiger partial charge in [0.05, 0.1) is 41.1 Å². The van der Waals surface area contributed by atoms with E-state index in [2.05, 4.69) is 33.9 Å². The molecule has 0 saturated carbocycles. The van der Waals surface area contributed by atoms with E-state index in [9.17, 15) is 4.79 Å². The Bertz CT molecular complexity index is 1530. The van der Waals surface area contributed by atoms with Gasteiger partial charge in [-0.2, -0.15) is 0 Å². The van der Waals surface area contributed by atoms with E-state index in [0.717, 1.165) is 56.0 Å². The van der Waals surface area contributed by atoms with Crippen molar-refractivity contribution in [1.29, 1.82) is 0 Å². The molecule has 0 radical (unpaired) electrons. The third-order valence-electron chi connectivity index (χ3n) is 6.48. The van der Waals surface area contributed by atoms with Crippen molar-refractivity contribution in [2.75, 3.05) is 7.11 Å². The molecule has 5 rings (SSSR count). The van der Waals surface area contributed by atoms with Crippen LogP contribution in [0.5, 0.6) is 0 Å². The number of hydrogen-bond donors (Lipinski definition) is 0. The Morgan fingerprint density at radius 2 is 1.89 bits per heavy atom. The van der Waals surface area contributed by atoms with Crippen molar-refractivity contribution < 1.29 is 14.1 Å². The average Bonchev–Trinajstić information content (AvgIpc) is 3.43. The number of nitrogens with zero attached hydrogens (tertiary/aromatic N) is 4. The quantitative estimate of drug-likeness (QED) is 0.292. The summed E-state index contributed by atoms with van der Waals surface area (Å²) < 4.78 is 12.6. The summed E-state index contributed by atoms with van der Waals surface area (Å²) in [6, 6.07) is 13.8. The molecule has 5 aromatic rings. The molecular weight excluding hydrogens is 440 g/mol. The molecule has 0 amide bonds. The van der Waals surface area contributed by atoms with Crippen LogP contribution < -0.4 is 0 Å². The number of aromatic nitrogens is 4. The van der Waals surface area contributed by atoms with Crippen molar-refractivity contribution in [2.45, 2.75) is 33.7 Å². The lowest BCUT2D eigenvalue weighted by atomic mass is 10.00. The molecule has 176 valence electrons. The van der Waals surface area contributed by atoms with Crippen LogP contribution in [0.15, 0.2) is 65.6 Å². The zero-order chi connectivity index (χ0) is 24.7. The number of carbonyl (C=O) groups excluding carboxylic acids is 1. The average molecular weight is 467 g/mol. The monoisotopic (exact) mass is 466 g/mol. The van der Waals surface area contributed by atoms with Crippen molar-refractivity contribution in [3.63, 3.8) is 0 Å². The predicted molar refractivity (Wildman–Crippen MR) is 134 cm³/mol. The SMILES string of the molecule is COC(=O)c1cc(-c2cn([C@@H](C)c3ccccn3)c3cc(-c4c(C)noc4C)cnc23)ccc1C. The van der Waals surface area contributed by atoms with Gasteiger partial charge in [-0.1, -0.05) is 23.4 Å². The number of benzene rings is 1. The van der Waals surface area contributed by atoms with Gasteiger partial charge in [0, 0.05) is 35.3 Å². The lowest BCUT2D eigenvalue weighted by Crippen LogP contribution is -2.07. The summed E-state index contributed by atoms with van der Waals surface area (Å²) in [5.74, 6) is 0.393. The van der Waals surface area contributed by atoms with Gasteiger partial charge in [-0.3, -0.25) is 9.97 Å². The molecule has 0 N–H and O–H groups in total. The molecule has 7 heteroatoms. The first kappa shape index (κ1) is 22.5. The fourth-order valence-electron chi connectivity index (χ4n) is 4.58. The standard InChI is InChI=1S/C28H26N4O3/c1-16-9-10-20(12-22(16)28(33)34-5)23-15-32(18(3)24-8-6-7-11-29-24)25-13-21(14-30-27(23)25)26-17(2)31-35-19(26)4/h6-15,18H,1-5H3/t18-/m0/s1. The second-order valence-electron chi connectivity index (χ2n) is 8.69. The first-order chi connectivity index (χ1) is 16.9. The van der Waals surface area contributed by atoms with E-state index in [0.29, 0.717) is 5.56 Å². The first-order valence-corrected chi connectivity index (χ1v) is 11.4. The highest BCUT2D eigenvalue weighted by atomic mass is 16.5. The lowest BCUT2D eigenvalue weighted by Gasteiger charge is -2.15. The maximum absolute atomic E-state index is 12.4. The van der Waals surface area contributed by atoms with Crippen LogP contribution in [0.3, 0.4) is 0 Å². The minimum Gasteiger partial charge on any atom is -0.465 e. The summed E-state index contributed by atoms with van der Waals surface area (Å²) in [5.41, 5.74) is 8.66. The molecule has 1 atom stereocenters. The Balaban J connectivity index is 1.75. The van der Waals surface area contributed by atoms with Crippen molar-refractivity contribution >= 4 is 17.0 Å². The number of esters is 1. The highest BCUT2D eigenvalue weighted by Crippen LogP contribution is 2.36. The summed E-state index contributed by atoms with van der Waals surface area (Å²) in [6.45, 7) is 7.85. The molecule has 1 aromatic carbocycles. The fourth-order valence-corrected chi connectivity index (χ4v) is 4.58. The van der Waals surface area contributed by atoms with Crippen LogP contribution in [-0.4, -0.2) is 32.8 Å². The summed E-state index contributed by atoms with van der Waals surface area (Å²) in [6.07, 6.45) is 5.73. The molecule has 35 heavy (non-hydrogen) atoms. The maximum Gasteiger partial charge on any atom is 0.338 e. The number of fused-ring (bicyclic) bond motifs is 1. The molecular formula is C28H26N4O3. The molecule has 0 aliphatic rings. The van der Waals surface area contributed by atoms with E-state index in [1.807, 2.05) is 63.4 Å². The van der Waals surface area contributed by atoms with Crippen molar-refractivity contribution in [3.8, 4) is 22.3 Å². The van der Waals surface area contributed by atoms with Gasteiger partial charge in [0.1, 0.15) is 5.76 Å². The fraction of sp³-hybridized carbons (Fsp3) is 0.214. The minimum atomic E-state index is -0.358. The molecule has 0 fully saturated rings. The Morgan fingerprint density at radius 1 is 1.06 bits per heavy atom. The van der Waals surface area contributed by atoms with Crippen LogP contribution in [0.1, 0.15) is 46.0 Å². The number of pyridine rings is 2. The van der Waals surface area contributed by atoms with Gasteiger partial charge in [0.15, 0.2) is 0 Å². The van der Waals surface area contributed by atoms with Gasteiger partial charge < -0.3 is 13.8 Å². The van der Waals surface area contributed by atoms with Gasteiger partial charge >= 0.3 is 5.97 Å². The van der Waals surface area contributed by atoms with Crippen LogP contribution in [0, 0.1) is 20.8 Å². The largest absolute Gasteiger partial charge is 0.465 e. The third kappa shape index (κ3) is 3.89. The van der Waals surface area contributed by atoms with Gasteiger partial charge in [0.25, 0.3) is 0 Å². The van der Waals surface area contributed by atoms with E-state index < -0.39 is 0 Å². The van der Waals surface area contributed by atoms with Gasteiger partial charge in [-0.25, -0.2) is 4.79 Å². The zero-order valence-corrected chi connectivity index (χ0v) is 20.4. The van der Waals surface area contributed by atoms with Crippen LogP contribution in [0.4, 0.5) is 0 Å². The Labute approximate surface area is 203 Å². The van der Waals surface area contributed by atoms with Crippen LogP contribution in [0.2, 0.25) is 0 Å². The molecule has 0 aliphatic heterocycles. The summed E-state index contributed by atoms with van der Waals surface area (Å²) in [5, 5.41) is 4.11. The molecule has 4 aromatic heterocycles. The van der Waals surface area contributed by atoms with Gasteiger partial charge in [-0.15, -0.1) is 0 Å². The van der Waals surface area contributed by atoms with Crippen molar-refractivity contribution in [3.05, 3.63) is 89.3 Å². The number of hydrogen-bond acceptors (Lipinski definition) is 6. The van der Waals surface area contributed by atoms with Crippen LogP contribution in [0.25, 0.3) is 33.3 Å². The molecule has 7 nitrogen and oxygen atoms in total. The molecule has 0 unspecified atom stereocenters. The number of methoxy groups -OCH3 is 1. The molecule has 0 aliphatic carbocycles. The van der Waals surface area contributed by atoms with Gasteiger partial charge in [-0.05, 0) is 63.1 Å². The molecule has 0 bridgehead atoms. The van der Waals surface area contributed by atoms with Crippen molar-refractivity contribution in [2.24, 2.45) is 0 Å². The number of ether oxygens (including phenoxy) is 1. The van der Waals surface area contributed by atoms with E-state index >= 15 is 0 Å². The Hall–Kier alpha value is -4.26. The van der Waals surface area contributed by atoms with Gasteiger partial charge in [0.2, 0.25) is 0 Å². The van der Waals surface area contributed by atoms with Crippen molar-refractivity contribution in [1.82, 2.24) is 19.7 Å². The summed E-state index contributed by atoms with van der Waals surface area (Å²) >= 11 is 0. The third-order valence-corrected chi connectivity index (χ3v) is 6.48. The molecule has 0 saturated heterocycles. The second-order valence-corrected chi connectivity index (χ2v) is 8.69. The topological polar surface area (TPSA) is 83.0 Å². The summed E-state index contributed by atoms with van der Waals surface area (Å²) in [7, 11) is 1.40. The van der Waals surface area contributed by atoms with Crippen LogP contribution in [-0.2, 0) is 4.74 Å². The number of carbonyl (C=O) groups is 1. The molecule has 4 heterocycles. The second kappa shape index (κ2) is 8.83. The van der Waals surface area contributed by atoms with E-state index in [-0.39, 0.29) is 12.0 Å². The molecule has 0 spiro atoms. The highest BCUT2D eigenvalue weighted by molar-refractivity contribution is 5.98. The van der Waals surface area contributed by atoms with E-state index in [4.69, 9.17) is 14.2 Å². The Morgan fingerprint density at radius 3 is 2.57 bits per heavy atom. The Kier molecular flexibility index (Phi) is 5.68. The highest BCUT2D eigenvalue weighted by Gasteiger charge is 2.21. The first-order valence-electron chi connectivity index (χ1n) is 11.4. The lowest BCUT2D eigenvalue weighted by molar-refractivity contribution is 0.0600. The number of aryl methyl sites for hydroxylation is 3. The number of rotatable bonds is 5. The predicted octanol–water partition coefficient (Wildman–Crippen LogP) is 6.07. The smallest absolute Gasteiger partial charge is 0.338 e. The zero-order valence-electron chi connectivity index (χ0n) is 20.4. The maximum atomic E-state index is 12.4.